The Hall–Kier alpha value is -1.13. The number of nitrogens with one attached hydrogen (secondary N) is 1. The number of sulfonamides is 1. The van der Waals surface area contributed by atoms with E-state index in [1.807, 2.05) is 44.2 Å². The van der Waals surface area contributed by atoms with Crippen molar-refractivity contribution in [2.24, 2.45) is 0 Å². The first kappa shape index (κ1) is 18.9. The number of benzene rings is 1. The van der Waals surface area contributed by atoms with Crippen LogP contribution in [0.5, 0.6) is 0 Å². The van der Waals surface area contributed by atoms with Gasteiger partial charge in [-0.05, 0) is 43.7 Å². The highest BCUT2D eigenvalue weighted by Crippen LogP contribution is 2.16. The van der Waals surface area contributed by atoms with Gasteiger partial charge in [-0.25, -0.2) is 13.1 Å². The largest absolute Gasteiger partial charge is 0.214 e. The maximum atomic E-state index is 12.4. The van der Waals surface area contributed by atoms with Crippen molar-refractivity contribution in [3.8, 4) is 0 Å². The molecule has 1 rings (SSSR count). The minimum atomic E-state index is -3.25. The summed E-state index contributed by atoms with van der Waals surface area (Å²) in [5.41, 5.74) is 2.15. The number of rotatable bonds is 11. The lowest BCUT2D eigenvalue weighted by molar-refractivity contribution is 0.537. The van der Waals surface area contributed by atoms with Gasteiger partial charge in [-0.1, -0.05) is 50.1 Å². The molecular weight excluding hydrogens is 294 g/mol. The summed E-state index contributed by atoms with van der Waals surface area (Å²) in [6, 6.07) is 7.87. The van der Waals surface area contributed by atoms with Crippen LogP contribution in [0.15, 0.2) is 36.9 Å². The molecule has 0 bridgehead atoms. The smallest absolute Gasteiger partial charge is 0.212 e. The molecule has 0 radical (unpaired) electrons. The summed E-state index contributed by atoms with van der Waals surface area (Å²) < 4.78 is 27.7. The van der Waals surface area contributed by atoms with Crippen molar-refractivity contribution < 1.29 is 8.42 Å². The molecule has 1 N–H and O–H groups in total. The number of allylic oxidation sites excluding steroid dienone is 1. The third-order valence-electron chi connectivity index (χ3n) is 4.05. The highest BCUT2D eigenvalue weighted by atomic mass is 32.2. The summed E-state index contributed by atoms with van der Waals surface area (Å²) in [5, 5.41) is -0.291. The van der Waals surface area contributed by atoms with Gasteiger partial charge in [0.1, 0.15) is 0 Å². The van der Waals surface area contributed by atoms with Gasteiger partial charge in [0.2, 0.25) is 10.0 Å². The molecule has 0 heterocycles. The second kappa shape index (κ2) is 9.80. The summed E-state index contributed by atoms with van der Waals surface area (Å²) in [4.78, 5) is 0. The van der Waals surface area contributed by atoms with Crippen LogP contribution in [0.3, 0.4) is 0 Å². The topological polar surface area (TPSA) is 46.2 Å². The van der Waals surface area contributed by atoms with E-state index < -0.39 is 10.0 Å². The molecule has 22 heavy (non-hydrogen) atoms. The first-order valence-corrected chi connectivity index (χ1v) is 9.69. The van der Waals surface area contributed by atoms with E-state index in [0.717, 1.165) is 43.2 Å². The molecule has 0 saturated heterocycles. The summed E-state index contributed by atoms with van der Waals surface area (Å²) in [6.45, 7) is 8.03. The van der Waals surface area contributed by atoms with E-state index >= 15 is 0 Å². The maximum Gasteiger partial charge on any atom is 0.214 e. The minimum Gasteiger partial charge on any atom is -0.212 e. The monoisotopic (exact) mass is 323 g/mol. The van der Waals surface area contributed by atoms with Crippen LogP contribution >= 0.6 is 0 Å². The SMILES string of the molecule is C=CCCCCCC(CC)S(=O)(=O)NCc1ccccc1C. The third kappa shape index (κ3) is 6.32. The predicted molar refractivity (Wildman–Crippen MR) is 94.3 cm³/mol. The summed E-state index contributed by atoms with van der Waals surface area (Å²) in [6.07, 6.45) is 7.43. The molecule has 4 heteroatoms. The summed E-state index contributed by atoms with van der Waals surface area (Å²) in [7, 11) is -3.25. The molecular formula is C18H29NO2S. The molecule has 1 unspecified atom stereocenters. The van der Waals surface area contributed by atoms with Gasteiger partial charge in [-0.3, -0.25) is 0 Å². The average molecular weight is 324 g/mol. The lowest BCUT2D eigenvalue weighted by Crippen LogP contribution is -2.33. The molecule has 0 aliphatic rings. The fourth-order valence-electron chi connectivity index (χ4n) is 2.52. The van der Waals surface area contributed by atoms with Gasteiger partial charge >= 0.3 is 0 Å². The first-order valence-electron chi connectivity index (χ1n) is 8.15. The van der Waals surface area contributed by atoms with Crippen molar-refractivity contribution in [1.29, 1.82) is 0 Å². The second-order valence-electron chi connectivity index (χ2n) is 5.75. The van der Waals surface area contributed by atoms with Gasteiger partial charge < -0.3 is 0 Å². The summed E-state index contributed by atoms with van der Waals surface area (Å²) >= 11 is 0. The second-order valence-corrected chi connectivity index (χ2v) is 7.79. The molecule has 3 nitrogen and oxygen atoms in total. The molecule has 124 valence electrons. The van der Waals surface area contributed by atoms with Gasteiger partial charge in [0.05, 0.1) is 5.25 Å². The number of unbranched alkanes of at least 4 members (excludes halogenated alkanes) is 3. The van der Waals surface area contributed by atoms with E-state index in [-0.39, 0.29) is 5.25 Å². The zero-order valence-corrected chi connectivity index (χ0v) is 14.7. The first-order chi connectivity index (χ1) is 10.5. The standard InChI is InChI=1S/C18H29NO2S/c1-4-6-7-8-9-14-18(5-2)22(20,21)19-15-17-13-11-10-12-16(17)3/h4,10-13,18-19H,1,5-9,14-15H2,2-3H3. The molecule has 0 fully saturated rings. The quantitative estimate of drug-likeness (QED) is 0.486. The van der Waals surface area contributed by atoms with Gasteiger partial charge in [-0.2, -0.15) is 0 Å². The molecule has 0 aliphatic carbocycles. The molecule has 0 aromatic heterocycles. The van der Waals surface area contributed by atoms with Gasteiger partial charge in [0.25, 0.3) is 0 Å². The van der Waals surface area contributed by atoms with Crippen LogP contribution < -0.4 is 4.72 Å². The lowest BCUT2D eigenvalue weighted by atomic mass is 10.1. The van der Waals surface area contributed by atoms with Crippen LogP contribution in [0.25, 0.3) is 0 Å². The fraction of sp³-hybridized carbons (Fsp3) is 0.556. The van der Waals surface area contributed by atoms with Crippen LogP contribution in [0.2, 0.25) is 0 Å². The molecule has 0 amide bonds. The molecule has 0 saturated carbocycles. The zero-order chi connectivity index (χ0) is 16.4. The normalized spacial score (nSPS) is 13.0. The molecule has 1 atom stereocenters. The highest BCUT2D eigenvalue weighted by molar-refractivity contribution is 7.90. The Bertz CT molecular complexity index is 552. The van der Waals surface area contributed by atoms with E-state index in [0.29, 0.717) is 13.0 Å². The van der Waals surface area contributed by atoms with Gasteiger partial charge in [0, 0.05) is 6.54 Å². The van der Waals surface area contributed by atoms with Crippen molar-refractivity contribution in [2.75, 3.05) is 0 Å². The number of aryl methyl sites for hydroxylation is 1. The molecule has 0 aliphatic heterocycles. The van der Waals surface area contributed by atoms with E-state index in [2.05, 4.69) is 11.3 Å². The third-order valence-corrected chi connectivity index (χ3v) is 6.05. The Morgan fingerprint density at radius 1 is 1.23 bits per heavy atom. The van der Waals surface area contributed by atoms with Crippen molar-refractivity contribution in [3.05, 3.63) is 48.0 Å². The molecule has 0 spiro atoms. The van der Waals surface area contributed by atoms with E-state index in [9.17, 15) is 8.42 Å². The van der Waals surface area contributed by atoms with Crippen LogP contribution in [0.4, 0.5) is 0 Å². The Morgan fingerprint density at radius 3 is 2.59 bits per heavy atom. The van der Waals surface area contributed by atoms with E-state index in [1.54, 1.807) is 0 Å². The molecule has 1 aromatic carbocycles. The lowest BCUT2D eigenvalue weighted by Gasteiger charge is -2.17. The minimum absolute atomic E-state index is 0.291. The average Bonchev–Trinajstić information content (AvgIpc) is 2.50. The van der Waals surface area contributed by atoms with E-state index in [4.69, 9.17) is 0 Å². The van der Waals surface area contributed by atoms with Gasteiger partial charge in [0.15, 0.2) is 0 Å². The van der Waals surface area contributed by atoms with E-state index in [1.165, 1.54) is 0 Å². The molecule has 1 aromatic rings. The Labute approximate surface area is 135 Å². The Balaban J connectivity index is 2.51. The van der Waals surface area contributed by atoms with Crippen molar-refractivity contribution in [3.63, 3.8) is 0 Å². The van der Waals surface area contributed by atoms with Crippen LogP contribution in [0.1, 0.15) is 56.6 Å². The predicted octanol–water partition coefficient (Wildman–Crippen LogP) is 4.33. The number of hydrogen-bond donors (Lipinski definition) is 1. The zero-order valence-electron chi connectivity index (χ0n) is 13.8. The van der Waals surface area contributed by atoms with Crippen molar-refractivity contribution >= 4 is 10.0 Å². The van der Waals surface area contributed by atoms with Crippen LogP contribution in [-0.2, 0) is 16.6 Å². The maximum absolute atomic E-state index is 12.4. The fourth-order valence-corrected chi connectivity index (χ4v) is 4.03. The number of hydrogen-bond acceptors (Lipinski definition) is 2. The van der Waals surface area contributed by atoms with Crippen LogP contribution in [0, 0.1) is 6.92 Å². The van der Waals surface area contributed by atoms with Crippen molar-refractivity contribution in [2.45, 2.75) is 64.2 Å². The van der Waals surface area contributed by atoms with Crippen LogP contribution in [-0.4, -0.2) is 13.7 Å². The van der Waals surface area contributed by atoms with Crippen molar-refractivity contribution in [1.82, 2.24) is 4.72 Å². The Morgan fingerprint density at radius 2 is 1.95 bits per heavy atom. The highest BCUT2D eigenvalue weighted by Gasteiger charge is 2.22. The van der Waals surface area contributed by atoms with Gasteiger partial charge in [-0.15, -0.1) is 6.58 Å². The Kier molecular flexibility index (Phi) is 8.43. The summed E-state index contributed by atoms with van der Waals surface area (Å²) in [5.74, 6) is 0.